The van der Waals surface area contributed by atoms with Crippen LogP contribution in [0.25, 0.3) is 0 Å². The number of nitrogens with one attached hydrogen (secondary N) is 1. The van der Waals surface area contributed by atoms with E-state index in [1.54, 1.807) is 6.92 Å². The van der Waals surface area contributed by atoms with Crippen molar-refractivity contribution in [3.05, 3.63) is 52.3 Å². The molecule has 3 N–H and O–H groups in total. The van der Waals surface area contributed by atoms with Gasteiger partial charge in [0.15, 0.2) is 6.10 Å². The van der Waals surface area contributed by atoms with E-state index in [2.05, 4.69) is 5.10 Å². The van der Waals surface area contributed by atoms with Crippen LogP contribution in [-0.2, 0) is 16.1 Å². The Labute approximate surface area is 148 Å². The van der Waals surface area contributed by atoms with Crippen LogP contribution in [0.2, 0.25) is 5.15 Å². The van der Waals surface area contributed by atoms with Crippen molar-refractivity contribution in [3.63, 3.8) is 0 Å². The van der Waals surface area contributed by atoms with Gasteiger partial charge in [0, 0.05) is 0 Å². The zero-order chi connectivity index (χ0) is 18.6. The van der Waals surface area contributed by atoms with E-state index < -0.39 is 24.0 Å². The summed E-state index contributed by atoms with van der Waals surface area (Å²) in [6.07, 6.45) is -1.21. The van der Waals surface area contributed by atoms with Crippen molar-refractivity contribution in [2.45, 2.75) is 26.5 Å². The maximum Gasteiger partial charge on any atom is 0.343 e. The fourth-order valence-electron chi connectivity index (χ4n) is 2.14. The summed E-state index contributed by atoms with van der Waals surface area (Å²) in [5.41, 5.74) is 6.25. The van der Waals surface area contributed by atoms with E-state index in [4.69, 9.17) is 22.1 Å². The summed E-state index contributed by atoms with van der Waals surface area (Å²) in [4.78, 5) is 34.6. The summed E-state index contributed by atoms with van der Waals surface area (Å²) in [5, 5.41) is 6.18. The number of nitrogens with two attached hydrogens (primary N) is 1. The number of aryl methyl sites for hydroxylation is 1. The molecule has 1 heterocycles. The molecule has 1 aromatic carbocycles. The van der Waals surface area contributed by atoms with Crippen molar-refractivity contribution in [3.8, 4) is 0 Å². The third kappa shape index (κ3) is 4.57. The van der Waals surface area contributed by atoms with Gasteiger partial charge >= 0.3 is 12.0 Å². The first-order chi connectivity index (χ1) is 11.8. The molecule has 25 heavy (non-hydrogen) atoms. The molecule has 3 amide bonds. The van der Waals surface area contributed by atoms with Gasteiger partial charge in [0.05, 0.1) is 12.2 Å². The van der Waals surface area contributed by atoms with E-state index in [9.17, 15) is 14.4 Å². The largest absolute Gasteiger partial charge is 0.449 e. The molecule has 9 heteroatoms. The summed E-state index contributed by atoms with van der Waals surface area (Å²) >= 11 is 6.25. The highest BCUT2D eigenvalue weighted by Crippen LogP contribution is 2.22. The Hall–Kier alpha value is -2.87. The van der Waals surface area contributed by atoms with Crippen LogP contribution in [0.5, 0.6) is 0 Å². The first-order valence-corrected chi connectivity index (χ1v) is 7.75. The summed E-state index contributed by atoms with van der Waals surface area (Å²) in [5.74, 6) is -1.64. The number of nitrogens with zero attached hydrogens (tertiary/aromatic N) is 2. The number of esters is 1. The molecule has 2 rings (SSSR count). The minimum absolute atomic E-state index is 0.0660. The molecule has 0 radical (unpaired) electrons. The smallest absolute Gasteiger partial charge is 0.343 e. The third-order valence-corrected chi connectivity index (χ3v) is 3.73. The van der Waals surface area contributed by atoms with E-state index in [0.29, 0.717) is 12.2 Å². The van der Waals surface area contributed by atoms with E-state index >= 15 is 0 Å². The predicted octanol–water partition coefficient (Wildman–Crippen LogP) is 1.63. The van der Waals surface area contributed by atoms with E-state index in [0.717, 1.165) is 5.56 Å². The molecule has 0 spiro atoms. The monoisotopic (exact) mass is 364 g/mol. The maximum atomic E-state index is 12.3. The Kier molecular flexibility index (Phi) is 5.76. The highest BCUT2D eigenvalue weighted by Gasteiger charge is 2.26. The molecule has 1 aromatic heterocycles. The lowest BCUT2D eigenvalue weighted by atomic mass is 10.2. The number of ether oxygens (including phenoxy) is 1. The van der Waals surface area contributed by atoms with Crippen molar-refractivity contribution in [2.75, 3.05) is 0 Å². The second kappa shape index (κ2) is 7.80. The van der Waals surface area contributed by atoms with Gasteiger partial charge in [0.25, 0.3) is 5.91 Å². The number of carbonyl (C=O) groups excluding carboxylic acids is 3. The molecule has 132 valence electrons. The minimum atomic E-state index is -1.21. The van der Waals surface area contributed by atoms with Crippen LogP contribution in [0.4, 0.5) is 4.79 Å². The van der Waals surface area contributed by atoms with Gasteiger partial charge in [-0.3, -0.25) is 10.1 Å². The number of hydrogen-bond acceptors (Lipinski definition) is 5. The molecule has 0 aliphatic rings. The number of urea groups is 1. The number of amides is 3. The molecule has 0 saturated carbocycles. The lowest BCUT2D eigenvalue weighted by Crippen LogP contribution is -2.42. The zero-order valence-corrected chi connectivity index (χ0v) is 14.4. The van der Waals surface area contributed by atoms with Crippen molar-refractivity contribution in [1.82, 2.24) is 15.1 Å². The Morgan fingerprint density at radius 3 is 2.56 bits per heavy atom. The van der Waals surface area contributed by atoms with Crippen molar-refractivity contribution in [2.24, 2.45) is 5.73 Å². The van der Waals surface area contributed by atoms with Gasteiger partial charge < -0.3 is 10.5 Å². The Balaban J connectivity index is 2.15. The van der Waals surface area contributed by atoms with Gasteiger partial charge in [-0.05, 0) is 19.4 Å². The van der Waals surface area contributed by atoms with Crippen LogP contribution >= 0.6 is 11.6 Å². The summed E-state index contributed by atoms with van der Waals surface area (Å²) < 4.78 is 6.50. The van der Waals surface area contributed by atoms with Crippen LogP contribution < -0.4 is 11.1 Å². The number of imide groups is 1. The van der Waals surface area contributed by atoms with Crippen molar-refractivity contribution >= 4 is 29.5 Å². The fourth-order valence-corrected chi connectivity index (χ4v) is 2.45. The standard InChI is InChI=1S/C16H17ClN4O4/c1-9-12(15(23)25-10(2)14(22)19-16(18)24)13(17)21(20-9)8-11-6-4-3-5-7-11/h3-7,10H,8H2,1-2H3,(H3,18,19,22,24)/t10-/m0/s1. The molecule has 0 unspecified atom stereocenters. The highest BCUT2D eigenvalue weighted by atomic mass is 35.5. The quantitative estimate of drug-likeness (QED) is 0.782. The molecular weight excluding hydrogens is 348 g/mol. The molecule has 0 aliphatic carbocycles. The van der Waals surface area contributed by atoms with Crippen molar-refractivity contribution < 1.29 is 19.1 Å². The second-order valence-corrected chi connectivity index (χ2v) is 5.65. The van der Waals surface area contributed by atoms with E-state index in [1.165, 1.54) is 11.6 Å². The SMILES string of the molecule is Cc1nn(Cc2ccccc2)c(Cl)c1C(=O)O[C@@H](C)C(=O)NC(N)=O. The Morgan fingerprint density at radius 1 is 1.32 bits per heavy atom. The van der Waals surface area contributed by atoms with E-state index in [-0.39, 0.29) is 10.7 Å². The number of aromatic nitrogens is 2. The van der Waals surface area contributed by atoms with E-state index in [1.807, 2.05) is 35.6 Å². The maximum absolute atomic E-state index is 12.3. The lowest BCUT2D eigenvalue weighted by molar-refractivity contribution is -0.127. The van der Waals surface area contributed by atoms with Gasteiger partial charge in [-0.1, -0.05) is 41.9 Å². The Bertz CT molecular complexity index is 804. The van der Waals surface area contributed by atoms with Gasteiger partial charge in [-0.25, -0.2) is 14.3 Å². The lowest BCUT2D eigenvalue weighted by Gasteiger charge is -2.11. The molecule has 0 aliphatic heterocycles. The molecule has 1 atom stereocenters. The number of primary amides is 1. The van der Waals surface area contributed by atoms with Gasteiger partial charge in [-0.15, -0.1) is 0 Å². The molecule has 0 bridgehead atoms. The van der Waals surface area contributed by atoms with Crippen molar-refractivity contribution in [1.29, 1.82) is 0 Å². The average Bonchev–Trinajstić information content (AvgIpc) is 2.81. The third-order valence-electron chi connectivity index (χ3n) is 3.34. The Morgan fingerprint density at radius 2 is 1.96 bits per heavy atom. The zero-order valence-electron chi connectivity index (χ0n) is 13.7. The normalized spacial score (nSPS) is 11.6. The van der Waals surface area contributed by atoms with Gasteiger partial charge in [0.1, 0.15) is 10.7 Å². The van der Waals surface area contributed by atoms with Crippen LogP contribution in [0.15, 0.2) is 30.3 Å². The molecular formula is C16H17ClN4O4. The summed E-state index contributed by atoms with van der Waals surface area (Å²) in [6, 6.07) is 8.43. The number of benzene rings is 1. The summed E-state index contributed by atoms with van der Waals surface area (Å²) in [6.45, 7) is 3.30. The molecule has 2 aromatic rings. The number of hydrogen-bond donors (Lipinski definition) is 2. The van der Waals surface area contributed by atoms with Gasteiger partial charge in [0.2, 0.25) is 0 Å². The van der Waals surface area contributed by atoms with Crippen LogP contribution in [0, 0.1) is 6.92 Å². The number of rotatable bonds is 5. The first kappa shape index (κ1) is 18.5. The number of halogens is 1. The highest BCUT2D eigenvalue weighted by molar-refractivity contribution is 6.32. The molecule has 0 fully saturated rings. The predicted molar refractivity (Wildman–Crippen MR) is 90.1 cm³/mol. The molecule has 0 saturated heterocycles. The fraction of sp³-hybridized carbons (Fsp3) is 0.250. The van der Waals surface area contributed by atoms with Crippen LogP contribution in [0.3, 0.4) is 0 Å². The molecule has 8 nitrogen and oxygen atoms in total. The van der Waals surface area contributed by atoms with Crippen LogP contribution in [-0.4, -0.2) is 33.8 Å². The topological polar surface area (TPSA) is 116 Å². The second-order valence-electron chi connectivity index (χ2n) is 5.30. The minimum Gasteiger partial charge on any atom is -0.449 e. The average molecular weight is 365 g/mol. The summed E-state index contributed by atoms with van der Waals surface area (Å²) in [7, 11) is 0. The van der Waals surface area contributed by atoms with Crippen LogP contribution in [0.1, 0.15) is 28.5 Å². The van der Waals surface area contributed by atoms with Gasteiger partial charge in [-0.2, -0.15) is 5.10 Å². The first-order valence-electron chi connectivity index (χ1n) is 7.37. The number of carbonyl (C=O) groups is 3.